The fraction of sp³-hybridized carbons (Fsp3) is 0.579. The summed E-state index contributed by atoms with van der Waals surface area (Å²) < 4.78 is 0. The number of nitrogens with zero attached hydrogens (tertiary/aromatic N) is 1. The number of rotatable bonds is 5. The first-order chi connectivity index (χ1) is 11.1. The number of hydrogen-bond acceptors (Lipinski definition) is 2. The van der Waals surface area contributed by atoms with Gasteiger partial charge in [-0.3, -0.25) is 9.59 Å². The topological polar surface area (TPSA) is 49.4 Å². The quantitative estimate of drug-likeness (QED) is 0.848. The molecule has 0 aromatic heterocycles. The number of benzene rings is 1. The van der Waals surface area contributed by atoms with Crippen LogP contribution in [0.15, 0.2) is 24.3 Å². The van der Waals surface area contributed by atoms with Crippen LogP contribution in [0.25, 0.3) is 0 Å². The average molecular weight is 316 g/mol. The van der Waals surface area contributed by atoms with Crippen LogP contribution in [0, 0.1) is 6.92 Å². The Hall–Kier alpha value is -1.84. The summed E-state index contributed by atoms with van der Waals surface area (Å²) in [6.07, 6.45) is 6.82. The summed E-state index contributed by atoms with van der Waals surface area (Å²) in [4.78, 5) is 25.9. The molecule has 0 heterocycles. The molecule has 0 saturated heterocycles. The van der Waals surface area contributed by atoms with Crippen molar-refractivity contribution in [1.82, 2.24) is 10.2 Å². The highest BCUT2D eigenvalue weighted by Crippen LogP contribution is 2.22. The Balaban J connectivity index is 1.87. The Bertz CT molecular complexity index is 517. The summed E-state index contributed by atoms with van der Waals surface area (Å²) in [7, 11) is 0. The van der Waals surface area contributed by atoms with Gasteiger partial charge >= 0.3 is 0 Å². The van der Waals surface area contributed by atoms with Crippen LogP contribution in [-0.4, -0.2) is 29.3 Å². The Morgan fingerprint density at radius 1 is 1.09 bits per heavy atom. The van der Waals surface area contributed by atoms with Crippen LogP contribution >= 0.6 is 0 Å². The predicted molar refractivity (Wildman–Crippen MR) is 91.9 cm³/mol. The summed E-state index contributed by atoms with van der Waals surface area (Å²) in [6.45, 7) is 4.29. The first-order valence-corrected chi connectivity index (χ1v) is 8.65. The number of hydrogen-bond donors (Lipinski definition) is 1. The van der Waals surface area contributed by atoms with Gasteiger partial charge in [-0.25, -0.2) is 0 Å². The lowest BCUT2D eigenvalue weighted by Gasteiger charge is -2.29. The Kier molecular flexibility index (Phi) is 6.63. The second-order valence-electron chi connectivity index (χ2n) is 6.55. The number of carbonyl (C=O) groups excluding carboxylic acids is 2. The van der Waals surface area contributed by atoms with Gasteiger partial charge in [-0.2, -0.15) is 0 Å². The molecule has 1 fully saturated rings. The Morgan fingerprint density at radius 3 is 2.26 bits per heavy atom. The molecule has 1 saturated carbocycles. The third-order valence-electron chi connectivity index (χ3n) is 4.59. The van der Waals surface area contributed by atoms with E-state index in [1.54, 1.807) is 11.8 Å². The summed E-state index contributed by atoms with van der Waals surface area (Å²) in [5.74, 6) is -0.0765. The van der Waals surface area contributed by atoms with Gasteiger partial charge in [0.25, 0.3) is 0 Å². The van der Waals surface area contributed by atoms with Crippen LogP contribution in [0.3, 0.4) is 0 Å². The second-order valence-corrected chi connectivity index (χ2v) is 6.55. The van der Waals surface area contributed by atoms with Crippen LogP contribution in [0.1, 0.15) is 56.6 Å². The molecule has 2 amide bonds. The molecule has 1 aliphatic rings. The van der Waals surface area contributed by atoms with Gasteiger partial charge in [-0.1, -0.05) is 55.5 Å². The van der Waals surface area contributed by atoms with Crippen LogP contribution < -0.4 is 5.32 Å². The molecule has 0 aliphatic heterocycles. The Labute approximate surface area is 139 Å². The number of nitrogens with one attached hydrogen (secondary N) is 1. The molecule has 1 aromatic rings. The maximum atomic E-state index is 12.2. The van der Waals surface area contributed by atoms with Crippen LogP contribution in [0.4, 0.5) is 0 Å². The van der Waals surface area contributed by atoms with Crippen molar-refractivity contribution in [2.75, 3.05) is 6.54 Å². The van der Waals surface area contributed by atoms with Crippen LogP contribution in [0.2, 0.25) is 0 Å². The van der Waals surface area contributed by atoms with E-state index in [2.05, 4.69) is 5.32 Å². The molecule has 0 bridgehead atoms. The van der Waals surface area contributed by atoms with E-state index >= 15 is 0 Å². The lowest BCUT2D eigenvalue weighted by molar-refractivity contribution is -0.136. The molecule has 4 nitrogen and oxygen atoms in total. The van der Waals surface area contributed by atoms with Crippen molar-refractivity contribution in [3.8, 4) is 0 Å². The fourth-order valence-corrected chi connectivity index (χ4v) is 3.18. The average Bonchev–Trinajstić information content (AvgIpc) is 2.81. The largest absolute Gasteiger partial charge is 0.350 e. The van der Waals surface area contributed by atoms with E-state index in [4.69, 9.17) is 0 Å². The van der Waals surface area contributed by atoms with Gasteiger partial charge in [0, 0.05) is 19.5 Å². The van der Waals surface area contributed by atoms with Gasteiger partial charge < -0.3 is 10.2 Å². The highest BCUT2D eigenvalue weighted by Gasteiger charge is 2.24. The molecule has 126 valence electrons. The van der Waals surface area contributed by atoms with E-state index in [9.17, 15) is 9.59 Å². The minimum Gasteiger partial charge on any atom is -0.350 e. The summed E-state index contributed by atoms with van der Waals surface area (Å²) in [6, 6.07) is 8.33. The van der Waals surface area contributed by atoms with E-state index < -0.39 is 0 Å². The monoisotopic (exact) mass is 316 g/mol. The van der Waals surface area contributed by atoms with Gasteiger partial charge in [-0.05, 0) is 25.3 Å². The third kappa shape index (κ3) is 5.70. The maximum Gasteiger partial charge on any atom is 0.239 e. The van der Waals surface area contributed by atoms with Crippen molar-refractivity contribution < 1.29 is 9.59 Å². The van der Waals surface area contributed by atoms with Gasteiger partial charge in [-0.15, -0.1) is 0 Å². The first kappa shape index (κ1) is 17.5. The normalized spacial score (nSPS) is 15.7. The van der Waals surface area contributed by atoms with E-state index in [-0.39, 0.29) is 24.4 Å². The van der Waals surface area contributed by atoms with Gasteiger partial charge in [0.05, 0.1) is 6.54 Å². The molecule has 1 aliphatic carbocycles. The van der Waals surface area contributed by atoms with E-state index in [0.29, 0.717) is 6.54 Å². The van der Waals surface area contributed by atoms with E-state index in [1.165, 1.54) is 18.4 Å². The van der Waals surface area contributed by atoms with Crippen molar-refractivity contribution in [3.63, 3.8) is 0 Å². The molecule has 1 N–H and O–H groups in total. The molecule has 0 atom stereocenters. The third-order valence-corrected chi connectivity index (χ3v) is 4.59. The van der Waals surface area contributed by atoms with Gasteiger partial charge in [0.2, 0.25) is 11.8 Å². The zero-order valence-electron chi connectivity index (χ0n) is 14.3. The molecule has 4 heteroatoms. The first-order valence-electron chi connectivity index (χ1n) is 8.65. The van der Waals surface area contributed by atoms with Crippen molar-refractivity contribution in [3.05, 3.63) is 35.4 Å². The standard InChI is InChI=1S/C19H28N2O2/c1-15-9-11-17(12-10-15)13-20-19(23)14-21(16(2)22)18-7-5-3-4-6-8-18/h9-12,18H,3-8,13-14H2,1-2H3,(H,20,23). The number of carbonyl (C=O) groups is 2. The van der Waals surface area contributed by atoms with Crippen molar-refractivity contribution >= 4 is 11.8 Å². The number of aryl methyl sites for hydroxylation is 1. The summed E-state index contributed by atoms with van der Waals surface area (Å²) in [5.41, 5.74) is 2.28. The predicted octanol–water partition coefficient (Wildman–Crippen LogP) is 3.18. The molecular weight excluding hydrogens is 288 g/mol. The minimum absolute atomic E-state index is 0.00221. The van der Waals surface area contributed by atoms with E-state index in [1.807, 2.05) is 31.2 Å². The Morgan fingerprint density at radius 2 is 1.70 bits per heavy atom. The molecule has 0 spiro atoms. The van der Waals surface area contributed by atoms with Gasteiger partial charge in [0.15, 0.2) is 0 Å². The SMILES string of the molecule is CC(=O)N(CC(=O)NCc1ccc(C)cc1)C1CCCCCC1. The van der Waals surface area contributed by atoms with Crippen molar-refractivity contribution in [2.24, 2.45) is 0 Å². The van der Waals surface area contributed by atoms with Crippen LogP contribution in [0.5, 0.6) is 0 Å². The highest BCUT2D eigenvalue weighted by molar-refractivity contribution is 5.83. The van der Waals surface area contributed by atoms with E-state index in [0.717, 1.165) is 31.2 Å². The fourth-order valence-electron chi connectivity index (χ4n) is 3.18. The van der Waals surface area contributed by atoms with Crippen LogP contribution in [-0.2, 0) is 16.1 Å². The smallest absolute Gasteiger partial charge is 0.239 e. The molecule has 23 heavy (non-hydrogen) atoms. The molecule has 0 unspecified atom stereocenters. The number of amides is 2. The molecule has 0 radical (unpaired) electrons. The van der Waals surface area contributed by atoms with Gasteiger partial charge in [0.1, 0.15) is 0 Å². The zero-order valence-corrected chi connectivity index (χ0v) is 14.3. The lowest BCUT2D eigenvalue weighted by Crippen LogP contribution is -2.45. The maximum absolute atomic E-state index is 12.2. The molecule has 2 rings (SSSR count). The van der Waals surface area contributed by atoms with Crippen molar-refractivity contribution in [2.45, 2.75) is 65.0 Å². The summed E-state index contributed by atoms with van der Waals surface area (Å²) in [5, 5.41) is 2.93. The zero-order chi connectivity index (χ0) is 16.7. The second kappa shape index (κ2) is 8.70. The highest BCUT2D eigenvalue weighted by atomic mass is 16.2. The minimum atomic E-state index is -0.0787. The molecular formula is C19H28N2O2. The lowest BCUT2D eigenvalue weighted by atomic mass is 10.1. The summed E-state index contributed by atoms with van der Waals surface area (Å²) >= 11 is 0. The molecule has 1 aromatic carbocycles. The van der Waals surface area contributed by atoms with Crippen molar-refractivity contribution in [1.29, 1.82) is 0 Å².